The van der Waals surface area contributed by atoms with Crippen molar-refractivity contribution in [1.29, 1.82) is 0 Å². The number of piperazine rings is 1. The molecular formula is C8H34N4O6. The Morgan fingerprint density at radius 1 is 0.833 bits per heavy atom. The molecule has 10 nitrogen and oxygen atoms in total. The van der Waals surface area contributed by atoms with Crippen LogP contribution in [0.1, 0.15) is 6.92 Å². The van der Waals surface area contributed by atoms with Crippen LogP contribution in [0, 0.1) is 0 Å². The number of hydrogen-bond acceptors (Lipinski definition) is 4. The highest BCUT2D eigenvalue weighted by molar-refractivity contribution is 4.59. The third kappa shape index (κ3) is 45.0. The number of likely N-dealkylation sites (N-methyl/N-ethyl adjacent to an activating group) is 1. The van der Waals surface area contributed by atoms with Crippen LogP contribution >= 0.6 is 0 Å². The molecule has 1 fully saturated rings. The molecule has 122 valence electrons. The summed E-state index contributed by atoms with van der Waals surface area (Å²) < 4.78 is 0. The quantitative estimate of drug-likeness (QED) is 0.368. The maximum atomic E-state index is 5.15. The predicted molar refractivity (Wildman–Crippen MR) is 75.0 cm³/mol. The molecule has 1 saturated heterocycles. The Hall–Kier alpha value is -0.400. The van der Waals surface area contributed by atoms with Gasteiger partial charge in [-0.1, -0.05) is 6.92 Å². The lowest BCUT2D eigenvalue weighted by atomic mass is 10.4. The van der Waals surface area contributed by atoms with Crippen molar-refractivity contribution < 1.29 is 32.9 Å². The van der Waals surface area contributed by atoms with Crippen LogP contribution in [0.2, 0.25) is 0 Å². The SMILES string of the molecule is C1CNCCN1.CCNCCN.O.O.O.O.O.O. The van der Waals surface area contributed by atoms with Gasteiger partial charge in [0.1, 0.15) is 0 Å². The standard InChI is InChI=1S/C4H10N2.C4H12N2.6H2O/c1-2-6-4-3-5-1;1-2-6-4-3-5;;;;;;/h5-6H,1-4H2;6H,2-5H2,1H3;6*1H2. The zero-order chi connectivity index (χ0) is 9.07. The van der Waals surface area contributed by atoms with Gasteiger partial charge in [-0.05, 0) is 6.54 Å². The van der Waals surface area contributed by atoms with E-state index in [1.54, 1.807) is 0 Å². The average Bonchev–Trinajstić information content (AvgIpc) is 2.18. The molecule has 10 heteroatoms. The minimum atomic E-state index is 0. The Labute approximate surface area is 108 Å². The van der Waals surface area contributed by atoms with Crippen LogP contribution in [0.3, 0.4) is 0 Å². The molecule has 1 aliphatic heterocycles. The van der Waals surface area contributed by atoms with Gasteiger partial charge in [0.25, 0.3) is 0 Å². The molecule has 0 aromatic heterocycles. The molecule has 0 saturated carbocycles. The van der Waals surface area contributed by atoms with Gasteiger partial charge in [-0.15, -0.1) is 0 Å². The zero-order valence-corrected chi connectivity index (χ0v) is 11.0. The third-order valence-corrected chi connectivity index (χ3v) is 1.53. The molecule has 0 unspecified atom stereocenters. The molecule has 0 radical (unpaired) electrons. The van der Waals surface area contributed by atoms with E-state index in [1.165, 1.54) is 0 Å². The minimum Gasteiger partial charge on any atom is -0.412 e. The number of hydrogen-bond donors (Lipinski definition) is 4. The van der Waals surface area contributed by atoms with Crippen molar-refractivity contribution in [3.8, 4) is 0 Å². The number of nitrogens with two attached hydrogens (primary N) is 1. The van der Waals surface area contributed by atoms with Gasteiger partial charge in [-0.2, -0.15) is 0 Å². The Morgan fingerprint density at radius 2 is 1.17 bits per heavy atom. The molecule has 0 bridgehead atoms. The Bertz CT molecular complexity index is 74.5. The summed E-state index contributed by atoms with van der Waals surface area (Å²) in [4.78, 5) is 0. The second-order valence-corrected chi connectivity index (χ2v) is 2.64. The molecule has 1 aliphatic rings. The predicted octanol–water partition coefficient (Wildman–Crippen LogP) is -6.21. The first-order valence-electron chi connectivity index (χ1n) is 4.74. The maximum absolute atomic E-state index is 5.15. The van der Waals surface area contributed by atoms with E-state index in [0.29, 0.717) is 0 Å². The number of nitrogens with one attached hydrogen (secondary N) is 3. The summed E-state index contributed by atoms with van der Waals surface area (Å²) in [6, 6.07) is 0. The highest BCUT2D eigenvalue weighted by Crippen LogP contribution is 1.65. The summed E-state index contributed by atoms with van der Waals surface area (Å²) >= 11 is 0. The Morgan fingerprint density at radius 3 is 1.28 bits per heavy atom. The Balaban J connectivity index is -0.0000000202. The molecule has 0 spiro atoms. The van der Waals surface area contributed by atoms with Crippen LogP contribution in [0.5, 0.6) is 0 Å². The van der Waals surface area contributed by atoms with Crippen molar-refractivity contribution in [2.45, 2.75) is 6.92 Å². The van der Waals surface area contributed by atoms with Gasteiger partial charge in [0.2, 0.25) is 0 Å². The average molecular weight is 282 g/mol. The smallest absolute Gasteiger partial charge is 0.00772 e. The summed E-state index contributed by atoms with van der Waals surface area (Å²) in [7, 11) is 0. The third-order valence-electron chi connectivity index (χ3n) is 1.53. The van der Waals surface area contributed by atoms with Crippen LogP contribution < -0.4 is 21.7 Å². The van der Waals surface area contributed by atoms with Gasteiger partial charge < -0.3 is 54.5 Å². The van der Waals surface area contributed by atoms with Crippen LogP contribution in [-0.4, -0.2) is 78.7 Å². The summed E-state index contributed by atoms with van der Waals surface area (Å²) in [6.07, 6.45) is 0. The summed E-state index contributed by atoms with van der Waals surface area (Å²) in [5.41, 5.74) is 5.15. The molecule has 0 aromatic carbocycles. The Kier molecular flexibility index (Phi) is 105. The van der Waals surface area contributed by atoms with Gasteiger partial charge in [0, 0.05) is 39.3 Å². The van der Waals surface area contributed by atoms with E-state index in [2.05, 4.69) is 22.9 Å². The van der Waals surface area contributed by atoms with E-state index in [4.69, 9.17) is 5.73 Å². The molecule has 17 N–H and O–H groups in total. The highest BCUT2D eigenvalue weighted by atomic mass is 16.0. The molecule has 18 heavy (non-hydrogen) atoms. The van der Waals surface area contributed by atoms with Gasteiger partial charge >= 0.3 is 0 Å². The van der Waals surface area contributed by atoms with Crippen molar-refractivity contribution in [1.82, 2.24) is 16.0 Å². The van der Waals surface area contributed by atoms with Crippen molar-refractivity contribution in [3.63, 3.8) is 0 Å². The van der Waals surface area contributed by atoms with E-state index in [9.17, 15) is 0 Å². The van der Waals surface area contributed by atoms with Crippen molar-refractivity contribution in [2.75, 3.05) is 45.8 Å². The van der Waals surface area contributed by atoms with Crippen LogP contribution in [0.4, 0.5) is 0 Å². The largest absolute Gasteiger partial charge is 0.412 e. The van der Waals surface area contributed by atoms with Crippen LogP contribution in [-0.2, 0) is 0 Å². The summed E-state index contributed by atoms with van der Waals surface area (Å²) in [5, 5.41) is 9.52. The van der Waals surface area contributed by atoms with E-state index in [-0.39, 0.29) is 32.9 Å². The van der Waals surface area contributed by atoms with Crippen molar-refractivity contribution in [3.05, 3.63) is 0 Å². The van der Waals surface area contributed by atoms with Crippen LogP contribution in [0.25, 0.3) is 0 Å². The maximum Gasteiger partial charge on any atom is 0.00772 e. The molecule has 0 aliphatic carbocycles. The van der Waals surface area contributed by atoms with Crippen molar-refractivity contribution in [2.24, 2.45) is 5.73 Å². The van der Waals surface area contributed by atoms with Crippen molar-refractivity contribution >= 4 is 0 Å². The summed E-state index contributed by atoms with van der Waals surface area (Å²) in [6.45, 7) is 9.33. The molecule has 1 heterocycles. The van der Waals surface area contributed by atoms with Gasteiger partial charge in [-0.3, -0.25) is 0 Å². The topological polar surface area (TPSA) is 251 Å². The first-order chi connectivity index (χ1) is 5.91. The summed E-state index contributed by atoms with van der Waals surface area (Å²) in [5.74, 6) is 0. The molecule has 0 atom stereocenters. The van der Waals surface area contributed by atoms with Crippen LogP contribution in [0.15, 0.2) is 0 Å². The lowest BCUT2D eigenvalue weighted by Crippen LogP contribution is -2.39. The number of rotatable bonds is 3. The molecular weight excluding hydrogens is 248 g/mol. The molecule has 1 rings (SSSR count). The fourth-order valence-corrected chi connectivity index (χ4v) is 0.882. The van der Waals surface area contributed by atoms with E-state index < -0.39 is 0 Å². The molecule has 0 amide bonds. The van der Waals surface area contributed by atoms with E-state index in [0.717, 1.165) is 45.8 Å². The normalized spacial score (nSPS) is 11.0. The second kappa shape index (κ2) is 43.8. The highest BCUT2D eigenvalue weighted by Gasteiger charge is 1.91. The van der Waals surface area contributed by atoms with E-state index in [1.807, 2.05) is 0 Å². The van der Waals surface area contributed by atoms with Gasteiger partial charge in [-0.25, -0.2) is 0 Å². The van der Waals surface area contributed by atoms with Gasteiger partial charge in [0.05, 0.1) is 0 Å². The van der Waals surface area contributed by atoms with E-state index >= 15 is 0 Å². The van der Waals surface area contributed by atoms with Gasteiger partial charge in [0.15, 0.2) is 0 Å². The minimum absolute atomic E-state index is 0. The fourth-order valence-electron chi connectivity index (χ4n) is 0.882. The fraction of sp³-hybridized carbons (Fsp3) is 1.00. The lowest BCUT2D eigenvalue weighted by Gasteiger charge is -2.11. The lowest BCUT2D eigenvalue weighted by molar-refractivity contribution is 0.534. The first-order valence-corrected chi connectivity index (χ1v) is 4.74. The second-order valence-electron chi connectivity index (χ2n) is 2.64. The monoisotopic (exact) mass is 282 g/mol. The first kappa shape index (κ1) is 43.2. The molecule has 0 aromatic rings. The zero-order valence-electron chi connectivity index (χ0n) is 11.0.